The van der Waals surface area contributed by atoms with E-state index in [1.165, 1.54) is 4.90 Å². The van der Waals surface area contributed by atoms with Crippen molar-refractivity contribution in [3.05, 3.63) is 29.8 Å². The monoisotopic (exact) mass is 254 g/mol. The Labute approximate surface area is 112 Å². The second kappa shape index (κ2) is 4.43. The summed E-state index contributed by atoms with van der Waals surface area (Å²) < 4.78 is 0. The maximum Gasteiger partial charge on any atom is 0.332 e. The number of terminal acetylenes is 1. The van der Waals surface area contributed by atoms with Gasteiger partial charge in [0.25, 0.3) is 5.91 Å². The van der Waals surface area contributed by atoms with Gasteiger partial charge in [0.05, 0.1) is 5.69 Å². The van der Waals surface area contributed by atoms with E-state index in [0.29, 0.717) is 12.2 Å². The van der Waals surface area contributed by atoms with E-state index < -0.39 is 0 Å². The predicted octanol–water partition coefficient (Wildman–Crippen LogP) is 1.99. The van der Waals surface area contributed by atoms with Gasteiger partial charge in [0.15, 0.2) is 0 Å². The number of piperidine rings is 1. The number of nitrogens with zero attached hydrogens (tertiary/aromatic N) is 2. The second-order valence-corrected chi connectivity index (χ2v) is 4.85. The van der Waals surface area contributed by atoms with E-state index in [0.717, 1.165) is 24.8 Å². The van der Waals surface area contributed by atoms with Crippen molar-refractivity contribution in [3.63, 3.8) is 0 Å². The molecule has 1 aromatic rings. The van der Waals surface area contributed by atoms with Crippen molar-refractivity contribution >= 4 is 17.6 Å². The summed E-state index contributed by atoms with van der Waals surface area (Å²) >= 11 is 0. The Morgan fingerprint density at radius 3 is 2.53 bits per heavy atom. The van der Waals surface area contributed by atoms with Gasteiger partial charge in [-0.05, 0) is 43.5 Å². The van der Waals surface area contributed by atoms with Gasteiger partial charge in [-0.2, -0.15) is 0 Å². The number of fused-ring (bicyclic) bond motifs is 1. The summed E-state index contributed by atoms with van der Waals surface area (Å²) in [6.07, 6.45) is 8.04. The number of hydrogen-bond acceptors (Lipinski definition) is 2. The second-order valence-electron chi connectivity index (χ2n) is 4.85. The van der Waals surface area contributed by atoms with Crippen LogP contribution in [0.1, 0.15) is 24.8 Å². The summed E-state index contributed by atoms with van der Waals surface area (Å²) in [6, 6.07) is 6.46. The molecule has 2 fully saturated rings. The van der Waals surface area contributed by atoms with Crippen molar-refractivity contribution < 1.29 is 9.59 Å². The van der Waals surface area contributed by atoms with Crippen LogP contribution in [0.2, 0.25) is 0 Å². The van der Waals surface area contributed by atoms with Crippen molar-refractivity contribution in [2.24, 2.45) is 0 Å². The van der Waals surface area contributed by atoms with Crippen LogP contribution in [0.3, 0.4) is 0 Å². The minimum Gasteiger partial charge on any atom is -0.312 e. The highest BCUT2D eigenvalue weighted by Gasteiger charge is 2.46. The Morgan fingerprint density at radius 1 is 1.16 bits per heavy atom. The summed E-state index contributed by atoms with van der Waals surface area (Å²) in [4.78, 5) is 27.6. The Morgan fingerprint density at radius 2 is 1.89 bits per heavy atom. The molecule has 0 N–H and O–H groups in total. The van der Waals surface area contributed by atoms with Gasteiger partial charge in [-0.25, -0.2) is 9.69 Å². The molecule has 0 aliphatic carbocycles. The zero-order chi connectivity index (χ0) is 13.4. The first-order chi connectivity index (χ1) is 9.22. The molecule has 2 heterocycles. The van der Waals surface area contributed by atoms with Crippen LogP contribution in [0.4, 0.5) is 10.5 Å². The molecule has 1 atom stereocenters. The lowest BCUT2D eigenvalue weighted by molar-refractivity contribution is -0.120. The van der Waals surface area contributed by atoms with Gasteiger partial charge in [-0.15, -0.1) is 6.42 Å². The lowest BCUT2D eigenvalue weighted by atomic mass is 10.0. The average Bonchev–Trinajstić information content (AvgIpc) is 2.72. The molecule has 3 rings (SSSR count). The summed E-state index contributed by atoms with van der Waals surface area (Å²) in [5.41, 5.74) is 1.34. The van der Waals surface area contributed by atoms with Crippen LogP contribution in [-0.4, -0.2) is 29.4 Å². The van der Waals surface area contributed by atoms with Gasteiger partial charge >= 0.3 is 6.03 Å². The fraction of sp³-hybridized carbons (Fsp3) is 0.333. The van der Waals surface area contributed by atoms with Gasteiger partial charge in [-0.1, -0.05) is 5.92 Å². The van der Waals surface area contributed by atoms with Gasteiger partial charge in [0, 0.05) is 12.1 Å². The molecular weight excluding hydrogens is 240 g/mol. The van der Waals surface area contributed by atoms with Crippen molar-refractivity contribution in [2.45, 2.75) is 25.3 Å². The molecule has 3 amide bonds. The number of rotatable bonds is 1. The molecule has 2 aliphatic heterocycles. The van der Waals surface area contributed by atoms with Gasteiger partial charge in [0.2, 0.25) is 0 Å². The standard InChI is InChI=1S/C15H14N2O2/c1-2-11-6-8-12(9-7-11)17-14(18)13-5-3-4-10-16(13)15(17)19/h1,6-9,13H,3-5,10H2. The normalized spacial score (nSPS) is 22.4. The number of imide groups is 1. The van der Waals surface area contributed by atoms with E-state index >= 15 is 0 Å². The fourth-order valence-corrected chi connectivity index (χ4v) is 2.73. The number of amides is 3. The SMILES string of the molecule is C#Cc1ccc(N2C(=O)C3CCCCN3C2=O)cc1. The molecule has 19 heavy (non-hydrogen) atoms. The molecule has 1 aromatic carbocycles. The number of carbonyl (C=O) groups is 2. The zero-order valence-electron chi connectivity index (χ0n) is 10.5. The van der Waals surface area contributed by atoms with E-state index in [2.05, 4.69) is 5.92 Å². The Balaban J connectivity index is 1.93. The summed E-state index contributed by atoms with van der Waals surface area (Å²) in [7, 11) is 0. The fourth-order valence-electron chi connectivity index (χ4n) is 2.73. The molecular formula is C15H14N2O2. The third-order valence-electron chi connectivity index (χ3n) is 3.74. The Kier molecular flexibility index (Phi) is 2.75. The van der Waals surface area contributed by atoms with Crippen molar-refractivity contribution in [1.82, 2.24) is 4.90 Å². The van der Waals surface area contributed by atoms with Crippen LogP contribution in [0, 0.1) is 12.3 Å². The molecule has 96 valence electrons. The van der Waals surface area contributed by atoms with Crippen molar-refractivity contribution in [1.29, 1.82) is 0 Å². The molecule has 0 radical (unpaired) electrons. The number of urea groups is 1. The Hall–Kier alpha value is -2.28. The molecule has 0 saturated carbocycles. The van der Waals surface area contributed by atoms with E-state index in [1.807, 2.05) is 0 Å². The highest BCUT2D eigenvalue weighted by atomic mass is 16.2. The number of benzene rings is 1. The van der Waals surface area contributed by atoms with E-state index in [1.54, 1.807) is 29.2 Å². The first-order valence-corrected chi connectivity index (χ1v) is 6.43. The molecule has 1 unspecified atom stereocenters. The molecule has 2 saturated heterocycles. The van der Waals surface area contributed by atoms with Gasteiger partial charge in [-0.3, -0.25) is 4.79 Å². The minimum atomic E-state index is -0.270. The van der Waals surface area contributed by atoms with Gasteiger partial charge in [0.1, 0.15) is 6.04 Å². The largest absolute Gasteiger partial charge is 0.332 e. The van der Waals surface area contributed by atoms with E-state index in [-0.39, 0.29) is 18.0 Å². The topological polar surface area (TPSA) is 40.6 Å². The quantitative estimate of drug-likeness (QED) is 0.568. The lowest BCUT2D eigenvalue weighted by Gasteiger charge is -2.25. The molecule has 2 aliphatic rings. The predicted molar refractivity (Wildman–Crippen MR) is 71.6 cm³/mol. The van der Waals surface area contributed by atoms with Crippen LogP contribution >= 0.6 is 0 Å². The highest BCUT2D eigenvalue weighted by Crippen LogP contribution is 2.30. The average molecular weight is 254 g/mol. The van der Waals surface area contributed by atoms with E-state index in [9.17, 15) is 9.59 Å². The smallest absolute Gasteiger partial charge is 0.312 e. The lowest BCUT2D eigenvalue weighted by Crippen LogP contribution is -2.39. The maximum absolute atomic E-state index is 12.3. The molecule has 4 nitrogen and oxygen atoms in total. The summed E-state index contributed by atoms with van der Waals surface area (Å²) in [5, 5.41) is 0. The van der Waals surface area contributed by atoms with Crippen LogP contribution in [0.15, 0.2) is 24.3 Å². The van der Waals surface area contributed by atoms with Crippen LogP contribution in [0.25, 0.3) is 0 Å². The van der Waals surface area contributed by atoms with E-state index in [4.69, 9.17) is 6.42 Å². The molecule has 0 bridgehead atoms. The maximum atomic E-state index is 12.3. The number of carbonyl (C=O) groups excluding carboxylic acids is 2. The molecule has 4 heteroatoms. The minimum absolute atomic E-state index is 0.113. The van der Waals surface area contributed by atoms with Crippen LogP contribution in [0.5, 0.6) is 0 Å². The van der Waals surface area contributed by atoms with Crippen molar-refractivity contribution in [2.75, 3.05) is 11.4 Å². The number of anilines is 1. The first kappa shape index (κ1) is 11.8. The van der Waals surface area contributed by atoms with Crippen LogP contribution in [-0.2, 0) is 4.79 Å². The first-order valence-electron chi connectivity index (χ1n) is 6.43. The number of hydrogen-bond donors (Lipinski definition) is 0. The highest BCUT2D eigenvalue weighted by molar-refractivity contribution is 6.21. The van der Waals surface area contributed by atoms with Gasteiger partial charge < -0.3 is 4.90 Å². The third-order valence-corrected chi connectivity index (χ3v) is 3.74. The zero-order valence-corrected chi connectivity index (χ0v) is 10.5. The molecule has 0 aromatic heterocycles. The van der Waals surface area contributed by atoms with Crippen molar-refractivity contribution in [3.8, 4) is 12.3 Å². The summed E-state index contributed by atoms with van der Waals surface area (Å²) in [5.74, 6) is 2.41. The van der Waals surface area contributed by atoms with Crippen LogP contribution < -0.4 is 4.90 Å². The Bertz CT molecular complexity index is 547. The third kappa shape index (κ3) is 1.78. The summed E-state index contributed by atoms with van der Waals surface area (Å²) in [6.45, 7) is 0.675. The molecule has 0 spiro atoms.